The molecular weight excluding hydrogens is 681 g/mol. The molecule has 2 aromatic carbocycles. The maximum atomic E-state index is 13.9. The Hall–Kier alpha value is -4.97. The Morgan fingerprint density at radius 3 is 1.59 bits per heavy atom. The first-order valence-corrected chi connectivity index (χ1v) is 19.5. The average molecular weight is 737 g/mol. The number of nitrogens with one attached hydrogen (secondary N) is 3. The van der Waals surface area contributed by atoms with Crippen molar-refractivity contribution in [2.75, 3.05) is 33.3 Å². The van der Waals surface area contributed by atoms with Gasteiger partial charge >= 0.3 is 6.09 Å². The number of imidazole rings is 2. The third-order valence-corrected chi connectivity index (χ3v) is 11.1. The van der Waals surface area contributed by atoms with E-state index < -0.39 is 12.1 Å². The van der Waals surface area contributed by atoms with Crippen molar-refractivity contribution in [3.63, 3.8) is 0 Å². The number of aromatic nitrogens is 4. The minimum absolute atomic E-state index is 0.0426. The largest absolute Gasteiger partial charge is 0.453 e. The number of nitrogens with zero attached hydrogens (tertiary/aromatic N) is 5. The van der Waals surface area contributed by atoms with Crippen molar-refractivity contribution < 1.29 is 19.1 Å². The Kier molecular flexibility index (Phi) is 12.2. The van der Waals surface area contributed by atoms with Crippen molar-refractivity contribution in [2.45, 2.75) is 91.4 Å². The van der Waals surface area contributed by atoms with E-state index in [0.29, 0.717) is 6.54 Å². The molecule has 2 aromatic heterocycles. The summed E-state index contributed by atoms with van der Waals surface area (Å²) < 4.78 is 4.76. The summed E-state index contributed by atoms with van der Waals surface area (Å²) in [6, 6.07) is 15.8. The summed E-state index contributed by atoms with van der Waals surface area (Å²) in [5.41, 5.74) is 6.04. The van der Waals surface area contributed by atoms with E-state index in [9.17, 15) is 14.4 Å². The molecule has 54 heavy (non-hydrogen) atoms. The number of likely N-dealkylation sites (tertiary alicyclic amines) is 2. The zero-order valence-electron chi connectivity index (χ0n) is 32.8. The SMILES string of the molecule is CCN(CC)[C@@H](C(=O)N1CCC[C@H]1c1ncc(-c2ccc(-c3ccc(-c4cnc([C@@H]5CCCN5C(=O)[C@@H](NC(=O)OC)C(C)C)[nH]4)cc3)cc2)[nH]1)C(C)C. The van der Waals surface area contributed by atoms with Crippen LogP contribution in [0.15, 0.2) is 60.9 Å². The highest BCUT2D eigenvalue weighted by molar-refractivity contribution is 5.86. The Balaban J connectivity index is 1.11. The first-order valence-electron chi connectivity index (χ1n) is 19.5. The van der Waals surface area contributed by atoms with Crippen molar-refractivity contribution in [3.8, 4) is 33.6 Å². The van der Waals surface area contributed by atoms with Gasteiger partial charge in [-0.2, -0.15) is 0 Å². The summed E-state index contributed by atoms with van der Waals surface area (Å²) >= 11 is 0. The summed E-state index contributed by atoms with van der Waals surface area (Å²) in [4.78, 5) is 61.9. The highest BCUT2D eigenvalue weighted by Crippen LogP contribution is 2.35. The number of methoxy groups -OCH3 is 1. The van der Waals surface area contributed by atoms with Gasteiger partial charge in [-0.25, -0.2) is 14.8 Å². The highest BCUT2D eigenvalue weighted by Gasteiger charge is 2.39. The van der Waals surface area contributed by atoms with Crippen molar-refractivity contribution in [3.05, 3.63) is 72.6 Å². The Morgan fingerprint density at radius 2 is 1.19 bits per heavy atom. The predicted octanol–water partition coefficient (Wildman–Crippen LogP) is 7.21. The number of carbonyl (C=O) groups is 3. The minimum Gasteiger partial charge on any atom is -0.453 e. The summed E-state index contributed by atoms with van der Waals surface area (Å²) in [5.74, 6) is 1.80. The first-order chi connectivity index (χ1) is 26.0. The van der Waals surface area contributed by atoms with E-state index in [1.807, 2.05) is 36.0 Å². The van der Waals surface area contributed by atoms with Crippen LogP contribution in [-0.4, -0.2) is 97.9 Å². The number of H-pyrrole nitrogens is 2. The van der Waals surface area contributed by atoms with Crippen LogP contribution in [0.25, 0.3) is 33.6 Å². The average Bonchev–Trinajstić information content (AvgIpc) is 4.02. The van der Waals surface area contributed by atoms with Crippen LogP contribution in [0.5, 0.6) is 0 Å². The number of hydrogen-bond donors (Lipinski definition) is 3. The van der Waals surface area contributed by atoms with Gasteiger partial charge in [-0.15, -0.1) is 0 Å². The number of aromatic amines is 2. The van der Waals surface area contributed by atoms with Crippen molar-refractivity contribution >= 4 is 17.9 Å². The molecule has 6 rings (SSSR count). The van der Waals surface area contributed by atoms with E-state index in [-0.39, 0.29) is 41.8 Å². The number of ether oxygens (including phenoxy) is 1. The minimum atomic E-state index is -0.675. The molecule has 0 radical (unpaired) electrons. The molecule has 2 aliphatic heterocycles. The standard InChI is InChI=1S/C42H56N8O4/c1-8-48(9-2)37(27(5)6)41(52)50-23-11-13-35(50)39-44-25-33(46-39)31-20-16-29(17-21-31)28-14-18-30(19-15-28)32-24-43-38(45-32)34-12-10-22-49(34)40(51)36(26(3)4)47-42(53)54-7/h14-21,24-27,34-37H,8-13,22-23H2,1-7H3,(H,43,45)(H,44,46)(H,47,53)/t34-,35-,36-,37+/m0/s1. The summed E-state index contributed by atoms with van der Waals surface area (Å²) in [6.07, 6.45) is 6.62. The topological polar surface area (TPSA) is 140 Å². The Labute approximate surface area is 319 Å². The molecule has 3 amide bonds. The van der Waals surface area contributed by atoms with Crippen molar-refractivity contribution in [1.29, 1.82) is 0 Å². The number of alkyl carbamates (subject to hydrolysis) is 1. The van der Waals surface area contributed by atoms with E-state index in [1.54, 1.807) is 0 Å². The maximum absolute atomic E-state index is 13.9. The zero-order chi connectivity index (χ0) is 38.5. The molecule has 0 spiro atoms. The van der Waals surface area contributed by atoms with Gasteiger partial charge in [0.1, 0.15) is 17.7 Å². The number of hydrogen-bond acceptors (Lipinski definition) is 7. The van der Waals surface area contributed by atoms with Crippen LogP contribution in [0.4, 0.5) is 4.79 Å². The van der Waals surface area contributed by atoms with Crippen LogP contribution in [0.1, 0.15) is 91.0 Å². The molecule has 12 nitrogen and oxygen atoms in total. The lowest BCUT2D eigenvalue weighted by Gasteiger charge is -2.36. The van der Waals surface area contributed by atoms with E-state index >= 15 is 0 Å². The van der Waals surface area contributed by atoms with Crippen molar-refractivity contribution in [1.82, 2.24) is 40.0 Å². The number of benzene rings is 2. The van der Waals surface area contributed by atoms with Gasteiger partial charge in [0.15, 0.2) is 0 Å². The van der Waals surface area contributed by atoms with E-state index in [1.165, 1.54) is 7.11 Å². The second kappa shape index (κ2) is 17.0. The summed E-state index contributed by atoms with van der Waals surface area (Å²) in [5, 5.41) is 2.70. The van der Waals surface area contributed by atoms with Gasteiger partial charge in [0, 0.05) is 13.1 Å². The van der Waals surface area contributed by atoms with Gasteiger partial charge in [0.2, 0.25) is 11.8 Å². The third kappa shape index (κ3) is 8.08. The summed E-state index contributed by atoms with van der Waals surface area (Å²) in [6.45, 7) is 15.4. The molecule has 0 aliphatic carbocycles. The fourth-order valence-electron chi connectivity index (χ4n) is 8.15. The predicted molar refractivity (Wildman–Crippen MR) is 210 cm³/mol. The van der Waals surface area contributed by atoms with Gasteiger partial charge in [0.25, 0.3) is 0 Å². The van der Waals surface area contributed by atoms with E-state index in [0.717, 1.165) is 90.6 Å². The van der Waals surface area contributed by atoms with Crippen LogP contribution in [-0.2, 0) is 14.3 Å². The number of amides is 3. The molecule has 4 aromatic rings. The molecule has 0 bridgehead atoms. The first kappa shape index (κ1) is 38.7. The van der Waals surface area contributed by atoms with Gasteiger partial charge in [-0.1, -0.05) is 90.1 Å². The van der Waals surface area contributed by atoms with E-state index in [4.69, 9.17) is 9.72 Å². The second-order valence-electron chi connectivity index (χ2n) is 15.2. The van der Waals surface area contributed by atoms with Crippen LogP contribution < -0.4 is 5.32 Å². The zero-order valence-corrected chi connectivity index (χ0v) is 32.8. The number of rotatable bonds is 13. The Morgan fingerprint density at radius 1 is 0.741 bits per heavy atom. The third-order valence-electron chi connectivity index (χ3n) is 11.1. The lowest BCUT2D eigenvalue weighted by atomic mass is 10.00. The molecular formula is C42H56N8O4. The quantitative estimate of drug-likeness (QED) is 0.132. The monoisotopic (exact) mass is 736 g/mol. The highest BCUT2D eigenvalue weighted by atomic mass is 16.5. The molecule has 2 saturated heterocycles. The maximum Gasteiger partial charge on any atom is 0.407 e. The molecule has 0 saturated carbocycles. The smallest absolute Gasteiger partial charge is 0.407 e. The van der Waals surface area contributed by atoms with Crippen LogP contribution >= 0.6 is 0 Å². The lowest BCUT2D eigenvalue weighted by molar-refractivity contribution is -0.139. The van der Waals surface area contributed by atoms with Crippen LogP contribution in [0.2, 0.25) is 0 Å². The number of likely N-dealkylation sites (N-methyl/N-ethyl adjacent to an activating group) is 1. The second-order valence-corrected chi connectivity index (χ2v) is 15.2. The molecule has 2 aliphatic rings. The van der Waals surface area contributed by atoms with Gasteiger partial charge in [-0.3, -0.25) is 14.5 Å². The molecule has 3 N–H and O–H groups in total. The summed E-state index contributed by atoms with van der Waals surface area (Å²) in [7, 11) is 1.30. The normalized spacial score (nSPS) is 18.5. The fourth-order valence-corrected chi connectivity index (χ4v) is 8.15. The molecule has 4 atom stereocenters. The van der Waals surface area contributed by atoms with Gasteiger partial charge in [0.05, 0.1) is 49.0 Å². The fraction of sp³-hybridized carbons (Fsp3) is 0.500. The molecule has 12 heteroatoms. The van der Waals surface area contributed by atoms with Crippen LogP contribution in [0, 0.1) is 11.8 Å². The van der Waals surface area contributed by atoms with Crippen LogP contribution in [0.3, 0.4) is 0 Å². The lowest BCUT2D eigenvalue weighted by Crippen LogP contribution is -2.51. The van der Waals surface area contributed by atoms with Gasteiger partial charge in [-0.05, 0) is 72.9 Å². The molecule has 288 valence electrons. The van der Waals surface area contributed by atoms with E-state index in [2.05, 4.69) is 101 Å². The molecule has 4 heterocycles. The van der Waals surface area contributed by atoms with Gasteiger partial charge < -0.3 is 29.8 Å². The Bertz CT molecular complexity index is 1880. The molecule has 2 fully saturated rings. The van der Waals surface area contributed by atoms with Crippen molar-refractivity contribution in [2.24, 2.45) is 11.8 Å². The molecule has 0 unspecified atom stereocenters. The number of carbonyl (C=O) groups excluding carboxylic acids is 3.